The van der Waals surface area contributed by atoms with Crippen molar-refractivity contribution >= 4 is 23.7 Å². The van der Waals surface area contributed by atoms with E-state index < -0.39 is 0 Å². The van der Waals surface area contributed by atoms with Crippen LogP contribution in [-0.2, 0) is 19.3 Å². The van der Waals surface area contributed by atoms with Gasteiger partial charge in [0, 0.05) is 25.7 Å². The molecular formula is C28H37N7O2. The molecule has 0 saturated carbocycles. The number of aromatic hydroxyl groups is 1. The number of Topliss-reactive ketones (excluding diaryl/α,β-unsaturated/α-hetero) is 1. The number of phenolic OH excluding ortho intramolecular Hbond substituents is 1. The number of aliphatic imine (C=N–C) groups is 3. The Bertz CT molecular complexity index is 1260. The summed E-state index contributed by atoms with van der Waals surface area (Å²) < 4.78 is 1.49. The van der Waals surface area contributed by atoms with E-state index in [-0.39, 0.29) is 11.5 Å². The quantitative estimate of drug-likeness (QED) is 0.383. The van der Waals surface area contributed by atoms with E-state index in [0.717, 1.165) is 12.0 Å². The van der Waals surface area contributed by atoms with Gasteiger partial charge in [0.1, 0.15) is 12.4 Å². The standard InChI is InChI=1S/C11H16.C9H12N6O.C8H9NO/c1-3-7-11-9-6-5-8-10(11)4-2;1-3-6-7(5(2)16)13-14-15(6)9-8(10)11-4-12-9;1-9-6-7-4-2-3-5-8(7)10/h5-6,8-9H,3-4,7H2,1-2H3;3-4H2,1-2H3,(H2,10,11);2-6,10H,1H3. The van der Waals surface area contributed by atoms with E-state index in [1.165, 1.54) is 35.6 Å². The van der Waals surface area contributed by atoms with Crippen LogP contribution in [0.1, 0.15) is 67.0 Å². The van der Waals surface area contributed by atoms with Gasteiger partial charge in [-0.3, -0.25) is 9.79 Å². The lowest BCUT2D eigenvalue weighted by molar-refractivity contribution is 0.101. The normalized spacial score (nSPS) is 12.2. The zero-order chi connectivity index (χ0) is 27.2. The molecule has 0 amide bonds. The molecule has 1 aliphatic heterocycles. The van der Waals surface area contributed by atoms with Gasteiger partial charge in [0.2, 0.25) is 0 Å². The summed E-state index contributed by atoms with van der Waals surface area (Å²) in [5, 5.41) is 16.9. The molecule has 0 aliphatic carbocycles. The zero-order valence-corrected chi connectivity index (χ0v) is 22.3. The van der Waals surface area contributed by atoms with Crippen molar-refractivity contribution in [3.05, 3.63) is 76.6 Å². The summed E-state index contributed by atoms with van der Waals surface area (Å²) in [6, 6.07) is 15.8. The molecule has 0 saturated heterocycles. The molecule has 0 spiro atoms. The van der Waals surface area contributed by atoms with Crippen LogP contribution in [0.2, 0.25) is 0 Å². The number of amidine groups is 1. The topological polar surface area (TPSA) is 131 Å². The molecule has 4 rings (SSSR count). The Morgan fingerprint density at radius 1 is 1.05 bits per heavy atom. The lowest BCUT2D eigenvalue weighted by Crippen LogP contribution is -2.30. The second kappa shape index (κ2) is 15.1. The first-order valence-corrected chi connectivity index (χ1v) is 12.4. The van der Waals surface area contributed by atoms with E-state index in [1.807, 2.05) is 19.1 Å². The number of benzene rings is 2. The molecule has 0 radical (unpaired) electrons. The third-order valence-corrected chi connectivity index (χ3v) is 5.55. The Morgan fingerprint density at radius 3 is 2.27 bits per heavy atom. The van der Waals surface area contributed by atoms with Gasteiger partial charge in [0.15, 0.2) is 23.1 Å². The van der Waals surface area contributed by atoms with Gasteiger partial charge in [0.25, 0.3) is 0 Å². The fourth-order valence-electron chi connectivity index (χ4n) is 3.72. The first-order chi connectivity index (χ1) is 17.9. The van der Waals surface area contributed by atoms with Crippen molar-refractivity contribution in [3.63, 3.8) is 0 Å². The summed E-state index contributed by atoms with van der Waals surface area (Å²) in [5.41, 5.74) is 10.5. The number of para-hydroxylation sites is 1. The summed E-state index contributed by atoms with van der Waals surface area (Å²) in [4.78, 5) is 23.1. The molecule has 2 heterocycles. The van der Waals surface area contributed by atoms with Crippen LogP contribution in [0.4, 0.5) is 0 Å². The molecular weight excluding hydrogens is 466 g/mol. The van der Waals surface area contributed by atoms with Crippen molar-refractivity contribution in [2.24, 2.45) is 20.7 Å². The number of ketones is 1. The smallest absolute Gasteiger partial charge is 0.195 e. The third-order valence-electron chi connectivity index (χ3n) is 5.55. The molecule has 1 aliphatic rings. The lowest BCUT2D eigenvalue weighted by Gasteiger charge is -2.04. The van der Waals surface area contributed by atoms with E-state index in [4.69, 9.17) is 10.8 Å². The predicted octanol–water partition coefficient (Wildman–Crippen LogP) is 4.26. The molecule has 37 heavy (non-hydrogen) atoms. The van der Waals surface area contributed by atoms with Crippen molar-refractivity contribution in [2.45, 2.75) is 53.4 Å². The monoisotopic (exact) mass is 503 g/mol. The van der Waals surface area contributed by atoms with Crippen molar-refractivity contribution in [1.29, 1.82) is 0 Å². The number of hydrogen-bond donors (Lipinski definition) is 2. The summed E-state index contributed by atoms with van der Waals surface area (Å²) in [5.74, 6) is 0.955. The molecule has 196 valence electrons. The van der Waals surface area contributed by atoms with Gasteiger partial charge in [-0.1, -0.05) is 68.8 Å². The molecule has 0 bridgehead atoms. The van der Waals surface area contributed by atoms with Crippen molar-refractivity contribution in [3.8, 4) is 5.75 Å². The van der Waals surface area contributed by atoms with E-state index in [9.17, 15) is 4.79 Å². The van der Waals surface area contributed by atoms with E-state index in [0.29, 0.717) is 36.1 Å². The summed E-state index contributed by atoms with van der Waals surface area (Å²) >= 11 is 0. The van der Waals surface area contributed by atoms with Gasteiger partial charge >= 0.3 is 0 Å². The van der Waals surface area contributed by atoms with Gasteiger partial charge in [-0.05, 0) is 42.5 Å². The third kappa shape index (κ3) is 8.20. The molecule has 9 nitrogen and oxygen atoms in total. The zero-order valence-electron chi connectivity index (χ0n) is 22.3. The molecule has 1 aromatic heterocycles. The second-order valence-electron chi connectivity index (χ2n) is 8.19. The highest BCUT2D eigenvalue weighted by atomic mass is 16.3. The number of carbonyl (C=O) groups is 1. The number of carbonyl (C=O) groups excluding carboxylic acids is 1. The summed E-state index contributed by atoms with van der Waals surface area (Å²) in [6.07, 6.45) is 5.89. The molecule has 0 atom stereocenters. The largest absolute Gasteiger partial charge is 0.507 e. The molecule has 0 fully saturated rings. The highest BCUT2D eigenvalue weighted by Crippen LogP contribution is 2.13. The molecule has 2 aromatic carbocycles. The first-order valence-electron chi connectivity index (χ1n) is 12.4. The minimum absolute atomic E-state index is 0.114. The fourth-order valence-corrected chi connectivity index (χ4v) is 3.72. The highest BCUT2D eigenvalue weighted by molar-refractivity contribution is 6.41. The Hall–Kier alpha value is -4.14. The van der Waals surface area contributed by atoms with Gasteiger partial charge < -0.3 is 10.8 Å². The second-order valence-corrected chi connectivity index (χ2v) is 8.19. The van der Waals surface area contributed by atoms with Crippen LogP contribution in [0.5, 0.6) is 5.75 Å². The number of aromatic nitrogens is 3. The predicted molar refractivity (Wildman–Crippen MR) is 150 cm³/mol. The van der Waals surface area contributed by atoms with Crippen LogP contribution in [0.3, 0.4) is 0 Å². The van der Waals surface area contributed by atoms with Crippen molar-refractivity contribution in [1.82, 2.24) is 15.0 Å². The summed E-state index contributed by atoms with van der Waals surface area (Å²) in [7, 11) is 1.67. The van der Waals surface area contributed by atoms with Crippen molar-refractivity contribution < 1.29 is 9.90 Å². The molecule has 9 heteroatoms. The van der Waals surface area contributed by atoms with Crippen LogP contribution in [0.15, 0.2) is 63.5 Å². The Morgan fingerprint density at radius 2 is 1.73 bits per heavy atom. The van der Waals surface area contributed by atoms with Crippen LogP contribution < -0.4 is 5.73 Å². The van der Waals surface area contributed by atoms with Gasteiger partial charge in [-0.2, -0.15) is 4.68 Å². The number of aryl methyl sites for hydroxylation is 2. The maximum atomic E-state index is 11.3. The average Bonchev–Trinajstić information content (AvgIpc) is 3.52. The number of hydrogen-bond acceptors (Lipinski definition) is 8. The fraction of sp³-hybridized carbons (Fsp3) is 0.357. The lowest BCUT2D eigenvalue weighted by atomic mass is 10.0. The number of phenols is 1. The Balaban J connectivity index is 0.000000203. The molecule has 0 unspecified atom stereocenters. The van der Waals surface area contributed by atoms with Gasteiger partial charge in [-0.15, -0.1) is 5.10 Å². The number of nitrogens with two attached hydrogens (primary N) is 1. The maximum Gasteiger partial charge on any atom is 0.195 e. The minimum atomic E-state index is -0.114. The summed E-state index contributed by atoms with van der Waals surface area (Å²) in [6.45, 7) is 8.13. The van der Waals surface area contributed by atoms with Gasteiger partial charge in [0.05, 0.1) is 5.69 Å². The van der Waals surface area contributed by atoms with Crippen molar-refractivity contribution in [2.75, 3.05) is 13.7 Å². The number of rotatable bonds is 6. The molecule has 3 aromatic rings. The van der Waals surface area contributed by atoms with E-state index >= 15 is 0 Å². The van der Waals surface area contributed by atoms with Crippen LogP contribution >= 0.6 is 0 Å². The maximum absolute atomic E-state index is 11.3. The first kappa shape index (κ1) is 29.1. The van der Waals surface area contributed by atoms with E-state index in [1.54, 1.807) is 25.4 Å². The minimum Gasteiger partial charge on any atom is -0.507 e. The Kier molecular flexibility index (Phi) is 11.9. The Labute approximate surface area is 218 Å². The highest BCUT2D eigenvalue weighted by Gasteiger charge is 2.21. The van der Waals surface area contributed by atoms with Crippen LogP contribution in [0, 0.1) is 0 Å². The number of nitrogens with zero attached hydrogens (tertiary/aromatic N) is 6. The van der Waals surface area contributed by atoms with Crippen LogP contribution in [0.25, 0.3) is 0 Å². The average molecular weight is 504 g/mol. The SMILES string of the molecule is CCCc1ccccc1CC.CCc1c(C(C)=O)nnn1C1=NCN=C1N.CN=Cc1ccccc1O. The van der Waals surface area contributed by atoms with E-state index in [2.05, 4.69) is 63.4 Å². The van der Waals surface area contributed by atoms with Crippen LogP contribution in [-0.4, -0.2) is 57.5 Å². The van der Waals surface area contributed by atoms with Gasteiger partial charge in [-0.25, -0.2) is 9.98 Å². The molecule has 3 N–H and O–H groups in total.